The molecule has 1 aliphatic carbocycles. The number of carbonyl (C=O) groups is 3. The van der Waals surface area contributed by atoms with Crippen molar-refractivity contribution in [2.75, 3.05) is 26.4 Å². The van der Waals surface area contributed by atoms with Crippen LogP contribution in [0, 0.1) is 6.92 Å². The number of benzene rings is 3. The molecular weight excluding hydrogens is 632 g/mol. The molecule has 3 aromatic rings. The van der Waals surface area contributed by atoms with Crippen LogP contribution in [0.5, 0.6) is 11.5 Å². The summed E-state index contributed by atoms with van der Waals surface area (Å²) in [7, 11) is 0. The van der Waals surface area contributed by atoms with E-state index in [-0.39, 0.29) is 24.7 Å². The van der Waals surface area contributed by atoms with E-state index in [1.54, 1.807) is 0 Å². The summed E-state index contributed by atoms with van der Waals surface area (Å²) in [5.74, 6) is 0.127. The van der Waals surface area contributed by atoms with Crippen LogP contribution in [0.15, 0.2) is 91.5 Å². The largest absolute Gasteiger partial charge is 0.494 e. The van der Waals surface area contributed by atoms with Crippen molar-refractivity contribution in [3.05, 3.63) is 108 Å². The molecule has 4 rings (SSSR count). The molecule has 0 spiro atoms. The van der Waals surface area contributed by atoms with Crippen LogP contribution in [-0.2, 0) is 28.6 Å². The van der Waals surface area contributed by atoms with E-state index >= 15 is 0 Å². The van der Waals surface area contributed by atoms with Crippen LogP contribution in [0.4, 0.5) is 0 Å². The Morgan fingerprint density at radius 2 is 1.36 bits per heavy atom. The number of ether oxygens (including phenoxy) is 5. The van der Waals surface area contributed by atoms with Gasteiger partial charge in [-0.25, -0.2) is 9.59 Å². The molecule has 8 heteroatoms. The average Bonchev–Trinajstić information content (AvgIpc) is 3.13. The van der Waals surface area contributed by atoms with Crippen molar-refractivity contribution < 1.29 is 38.1 Å². The Labute approximate surface area is 295 Å². The summed E-state index contributed by atoms with van der Waals surface area (Å²) in [5, 5.41) is 0. The highest BCUT2D eigenvalue weighted by Gasteiger charge is 2.20. The highest BCUT2D eigenvalue weighted by Crippen LogP contribution is 2.26. The third kappa shape index (κ3) is 13.1. The smallest absolute Gasteiger partial charge is 0.333 e. The average molecular weight is 681 g/mol. The number of unbranched alkanes of at least 4 members (excludes halogenated alkanes) is 1. The summed E-state index contributed by atoms with van der Waals surface area (Å²) in [6.45, 7) is 10.7. The highest BCUT2D eigenvalue weighted by atomic mass is 16.5. The molecule has 0 bridgehead atoms. The van der Waals surface area contributed by atoms with Crippen LogP contribution >= 0.6 is 0 Å². The van der Waals surface area contributed by atoms with Gasteiger partial charge in [-0.15, -0.1) is 0 Å². The lowest BCUT2D eigenvalue weighted by molar-refractivity contribution is -0.151. The Bertz CT molecular complexity index is 1600. The van der Waals surface area contributed by atoms with Crippen molar-refractivity contribution in [3.8, 4) is 22.6 Å². The summed E-state index contributed by atoms with van der Waals surface area (Å²) in [5.41, 5.74) is 5.69. The molecule has 0 unspecified atom stereocenters. The zero-order chi connectivity index (χ0) is 35.6. The van der Waals surface area contributed by atoms with Gasteiger partial charge in [0.25, 0.3) is 0 Å². The van der Waals surface area contributed by atoms with Crippen molar-refractivity contribution in [2.45, 2.75) is 70.8 Å². The first-order valence-electron chi connectivity index (χ1n) is 17.4. The van der Waals surface area contributed by atoms with Crippen molar-refractivity contribution in [1.82, 2.24) is 0 Å². The van der Waals surface area contributed by atoms with E-state index in [1.165, 1.54) is 12.0 Å². The zero-order valence-corrected chi connectivity index (χ0v) is 29.0. The van der Waals surface area contributed by atoms with E-state index in [9.17, 15) is 14.4 Å². The Morgan fingerprint density at radius 1 is 0.740 bits per heavy atom. The van der Waals surface area contributed by atoms with E-state index in [1.807, 2.05) is 36.4 Å². The predicted octanol–water partition coefficient (Wildman–Crippen LogP) is 8.85. The van der Waals surface area contributed by atoms with Gasteiger partial charge in [-0.1, -0.05) is 74.2 Å². The van der Waals surface area contributed by atoms with Gasteiger partial charge in [0, 0.05) is 18.1 Å². The molecule has 1 fully saturated rings. The molecule has 0 amide bonds. The van der Waals surface area contributed by atoms with E-state index in [0.717, 1.165) is 78.4 Å². The molecule has 1 saturated carbocycles. The van der Waals surface area contributed by atoms with Gasteiger partial charge < -0.3 is 23.7 Å². The summed E-state index contributed by atoms with van der Waals surface area (Å²) in [4.78, 5) is 35.4. The highest BCUT2D eigenvalue weighted by molar-refractivity contribution is 5.93. The lowest BCUT2D eigenvalue weighted by Crippen LogP contribution is -2.22. The van der Waals surface area contributed by atoms with Crippen LogP contribution in [0.25, 0.3) is 23.3 Å². The van der Waals surface area contributed by atoms with Gasteiger partial charge in [0.15, 0.2) is 0 Å². The molecule has 8 nitrogen and oxygen atoms in total. The van der Waals surface area contributed by atoms with Gasteiger partial charge in [-0.3, -0.25) is 4.79 Å². The summed E-state index contributed by atoms with van der Waals surface area (Å²) >= 11 is 0. The number of aryl methyl sites for hydroxylation is 1. The van der Waals surface area contributed by atoms with Gasteiger partial charge in [-0.2, -0.15) is 0 Å². The maximum Gasteiger partial charge on any atom is 0.333 e. The molecule has 0 heterocycles. The van der Waals surface area contributed by atoms with E-state index in [4.69, 9.17) is 23.7 Å². The summed E-state index contributed by atoms with van der Waals surface area (Å²) in [6, 6.07) is 22.3. The molecule has 50 heavy (non-hydrogen) atoms. The van der Waals surface area contributed by atoms with Gasteiger partial charge >= 0.3 is 17.9 Å². The minimum absolute atomic E-state index is 0.0466. The topological polar surface area (TPSA) is 97.4 Å². The second kappa shape index (κ2) is 20.4. The van der Waals surface area contributed by atoms with Gasteiger partial charge in [0.1, 0.15) is 17.6 Å². The van der Waals surface area contributed by atoms with Gasteiger partial charge in [-0.05, 0) is 97.5 Å². The molecule has 0 atom stereocenters. The van der Waals surface area contributed by atoms with Gasteiger partial charge in [0.05, 0.1) is 32.8 Å². The van der Waals surface area contributed by atoms with E-state index in [2.05, 4.69) is 62.6 Å². The fourth-order valence-corrected chi connectivity index (χ4v) is 5.45. The summed E-state index contributed by atoms with van der Waals surface area (Å²) < 4.78 is 27.3. The Balaban J connectivity index is 1.13. The minimum Gasteiger partial charge on any atom is -0.494 e. The van der Waals surface area contributed by atoms with Crippen molar-refractivity contribution in [2.24, 2.45) is 0 Å². The standard InChI is InChI=1S/C42H48O8/c1-4-40(43)48-26-9-8-25-46-38-23-19-35(20-24-38)36-18-17-34(31(2)29-36)16-13-33-14-21-37(22-15-33)47-27-10-28-49-42(45)32(3)30-41(44)50-39-11-6-5-7-12-39/h4,13-24,29,39H,1,3,5-12,25-28,30H2,2H3/b16-13+. The number of esters is 3. The molecule has 0 N–H and O–H groups in total. The Morgan fingerprint density at radius 3 is 2.04 bits per heavy atom. The van der Waals surface area contributed by atoms with Crippen molar-refractivity contribution in [1.29, 1.82) is 0 Å². The van der Waals surface area contributed by atoms with Crippen LogP contribution in [-0.4, -0.2) is 50.4 Å². The van der Waals surface area contributed by atoms with Crippen molar-refractivity contribution in [3.63, 3.8) is 0 Å². The molecule has 0 radical (unpaired) electrons. The van der Waals surface area contributed by atoms with Crippen molar-refractivity contribution >= 4 is 30.1 Å². The molecule has 0 saturated heterocycles. The maximum absolute atomic E-state index is 12.2. The lowest BCUT2D eigenvalue weighted by atomic mass is 9.98. The second-order valence-corrected chi connectivity index (χ2v) is 12.3. The maximum atomic E-state index is 12.2. The first-order chi connectivity index (χ1) is 24.3. The molecule has 3 aromatic carbocycles. The monoisotopic (exact) mass is 680 g/mol. The van der Waals surface area contributed by atoms with Crippen LogP contribution in [0.2, 0.25) is 0 Å². The first kappa shape index (κ1) is 37.7. The number of rotatable bonds is 19. The second-order valence-electron chi connectivity index (χ2n) is 12.3. The number of carbonyl (C=O) groups excluding carboxylic acids is 3. The zero-order valence-electron chi connectivity index (χ0n) is 29.0. The molecule has 0 aliphatic heterocycles. The number of hydrogen-bond donors (Lipinski definition) is 0. The molecule has 264 valence electrons. The molecule has 0 aromatic heterocycles. The van der Waals surface area contributed by atoms with Crippen LogP contribution < -0.4 is 9.47 Å². The quantitative estimate of drug-likeness (QED) is 0.0407. The van der Waals surface area contributed by atoms with Gasteiger partial charge in [0.2, 0.25) is 0 Å². The lowest BCUT2D eigenvalue weighted by Gasteiger charge is -2.21. The Hall–Kier alpha value is -5.11. The Kier molecular flexibility index (Phi) is 15.4. The predicted molar refractivity (Wildman–Crippen MR) is 196 cm³/mol. The van der Waals surface area contributed by atoms with E-state index in [0.29, 0.717) is 26.2 Å². The first-order valence-corrected chi connectivity index (χ1v) is 17.4. The normalized spacial score (nSPS) is 13.0. The fraction of sp³-hybridized carbons (Fsp3) is 0.357. The summed E-state index contributed by atoms with van der Waals surface area (Å²) in [6.07, 6.45) is 12.3. The molecular formula is C42H48O8. The van der Waals surface area contributed by atoms with E-state index < -0.39 is 17.9 Å². The van der Waals surface area contributed by atoms with Crippen LogP contribution in [0.1, 0.15) is 74.5 Å². The number of hydrogen-bond acceptors (Lipinski definition) is 8. The SMILES string of the molecule is C=CC(=O)OCCCCOc1ccc(-c2ccc(/C=C/c3ccc(OCCCOC(=O)C(=C)CC(=O)OC4CCCCC4)cc3)c(C)c2)cc1. The minimum atomic E-state index is -0.582. The fourth-order valence-electron chi connectivity index (χ4n) is 5.45. The third-order valence-corrected chi connectivity index (χ3v) is 8.30. The third-order valence-electron chi connectivity index (χ3n) is 8.30. The molecule has 1 aliphatic rings. The van der Waals surface area contributed by atoms with Crippen LogP contribution in [0.3, 0.4) is 0 Å².